The molecule has 0 aliphatic carbocycles. The molecule has 0 radical (unpaired) electrons. The molecule has 2 N–H and O–H groups in total. The van der Waals surface area contributed by atoms with Gasteiger partial charge in [0.05, 0.1) is 6.54 Å². The molecule has 9 heteroatoms. The number of ether oxygens (including phenoxy) is 1. The molecule has 0 spiro atoms. The SMILES string of the molecule is CN=C(NCc1cccc(Cn2cncn2)c1)NCc1ccccc1OC(F)F. The van der Waals surface area contributed by atoms with Crippen LogP contribution in [0.3, 0.4) is 0 Å². The zero-order chi connectivity index (χ0) is 20.5. The van der Waals surface area contributed by atoms with Crippen molar-refractivity contribution < 1.29 is 13.5 Å². The van der Waals surface area contributed by atoms with Crippen LogP contribution in [0.15, 0.2) is 66.2 Å². The van der Waals surface area contributed by atoms with Gasteiger partial charge < -0.3 is 15.4 Å². The van der Waals surface area contributed by atoms with Gasteiger partial charge in [0.25, 0.3) is 0 Å². The molecule has 2 aromatic carbocycles. The summed E-state index contributed by atoms with van der Waals surface area (Å²) in [4.78, 5) is 8.12. The van der Waals surface area contributed by atoms with Gasteiger partial charge in [0.1, 0.15) is 18.4 Å². The lowest BCUT2D eigenvalue weighted by Gasteiger charge is -2.15. The topological polar surface area (TPSA) is 76.4 Å². The maximum atomic E-state index is 12.5. The Hall–Kier alpha value is -3.49. The summed E-state index contributed by atoms with van der Waals surface area (Å²) in [6.07, 6.45) is 3.18. The molecule has 0 unspecified atom stereocenters. The number of alkyl halides is 2. The second-order valence-electron chi connectivity index (χ2n) is 6.18. The summed E-state index contributed by atoms with van der Waals surface area (Å²) in [7, 11) is 1.65. The third-order valence-corrected chi connectivity index (χ3v) is 4.12. The summed E-state index contributed by atoms with van der Waals surface area (Å²) < 4.78 is 31.4. The zero-order valence-corrected chi connectivity index (χ0v) is 15.9. The van der Waals surface area contributed by atoms with Crippen LogP contribution in [0.5, 0.6) is 5.75 Å². The van der Waals surface area contributed by atoms with E-state index in [0.29, 0.717) is 31.2 Å². The van der Waals surface area contributed by atoms with E-state index in [4.69, 9.17) is 0 Å². The van der Waals surface area contributed by atoms with Crippen molar-refractivity contribution in [1.29, 1.82) is 0 Å². The molecular formula is C20H22F2N6O. The minimum absolute atomic E-state index is 0.145. The quantitative estimate of drug-likeness (QED) is 0.449. The minimum atomic E-state index is -2.86. The van der Waals surface area contributed by atoms with E-state index in [1.165, 1.54) is 12.4 Å². The first-order chi connectivity index (χ1) is 14.1. The van der Waals surface area contributed by atoms with Crippen molar-refractivity contribution in [2.75, 3.05) is 7.05 Å². The molecule has 152 valence electrons. The number of benzene rings is 2. The first-order valence-electron chi connectivity index (χ1n) is 9.01. The van der Waals surface area contributed by atoms with Gasteiger partial charge in [-0.2, -0.15) is 13.9 Å². The number of para-hydroxylation sites is 1. The van der Waals surface area contributed by atoms with Gasteiger partial charge in [0.15, 0.2) is 5.96 Å². The number of hydrogen-bond donors (Lipinski definition) is 2. The molecule has 0 atom stereocenters. The Morgan fingerprint density at radius 3 is 2.66 bits per heavy atom. The molecule has 1 aromatic heterocycles. The number of aliphatic imine (C=N–C) groups is 1. The Bertz CT molecular complexity index is 930. The fourth-order valence-electron chi connectivity index (χ4n) is 2.79. The van der Waals surface area contributed by atoms with E-state index < -0.39 is 6.61 Å². The van der Waals surface area contributed by atoms with Gasteiger partial charge >= 0.3 is 6.61 Å². The Labute approximate surface area is 167 Å². The van der Waals surface area contributed by atoms with Crippen LogP contribution in [-0.4, -0.2) is 34.4 Å². The molecule has 0 aliphatic rings. The number of hydrogen-bond acceptors (Lipinski definition) is 4. The van der Waals surface area contributed by atoms with Crippen LogP contribution < -0.4 is 15.4 Å². The highest BCUT2D eigenvalue weighted by atomic mass is 19.3. The van der Waals surface area contributed by atoms with Gasteiger partial charge in [0, 0.05) is 25.7 Å². The number of nitrogens with zero attached hydrogens (tertiary/aromatic N) is 4. The van der Waals surface area contributed by atoms with E-state index in [1.807, 2.05) is 18.2 Å². The van der Waals surface area contributed by atoms with E-state index in [2.05, 4.69) is 36.5 Å². The van der Waals surface area contributed by atoms with Crippen LogP contribution >= 0.6 is 0 Å². The van der Waals surface area contributed by atoms with Crippen LogP contribution in [0.1, 0.15) is 16.7 Å². The van der Waals surface area contributed by atoms with E-state index in [-0.39, 0.29) is 5.75 Å². The molecule has 3 rings (SSSR count). The van der Waals surface area contributed by atoms with Gasteiger partial charge in [0.2, 0.25) is 0 Å². The Balaban J connectivity index is 1.55. The monoisotopic (exact) mass is 400 g/mol. The lowest BCUT2D eigenvalue weighted by atomic mass is 10.1. The van der Waals surface area contributed by atoms with Crippen molar-refractivity contribution in [2.24, 2.45) is 4.99 Å². The van der Waals surface area contributed by atoms with E-state index in [0.717, 1.165) is 11.1 Å². The Morgan fingerprint density at radius 1 is 1.10 bits per heavy atom. The Morgan fingerprint density at radius 2 is 1.90 bits per heavy atom. The van der Waals surface area contributed by atoms with Gasteiger partial charge in [-0.3, -0.25) is 4.99 Å². The van der Waals surface area contributed by atoms with Gasteiger partial charge in [-0.15, -0.1) is 0 Å². The van der Waals surface area contributed by atoms with E-state index in [9.17, 15) is 8.78 Å². The van der Waals surface area contributed by atoms with E-state index >= 15 is 0 Å². The average molecular weight is 400 g/mol. The van der Waals surface area contributed by atoms with Crippen LogP contribution in [0.25, 0.3) is 0 Å². The molecule has 0 saturated carbocycles. The smallest absolute Gasteiger partial charge is 0.387 e. The third kappa shape index (κ3) is 6.27. The van der Waals surface area contributed by atoms with Crippen LogP contribution in [0, 0.1) is 0 Å². The molecular weight excluding hydrogens is 378 g/mol. The lowest BCUT2D eigenvalue weighted by molar-refractivity contribution is -0.0504. The molecule has 7 nitrogen and oxygen atoms in total. The van der Waals surface area contributed by atoms with Crippen molar-refractivity contribution in [3.63, 3.8) is 0 Å². The Kier molecular flexibility index (Phi) is 7.10. The molecule has 29 heavy (non-hydrogen) atoms. The van der Waals surface area contributed by atoms with Crippen LogP contribution in [0.2, 0.25) is 0 Å². The number of aromatic nitrogens is 3. The van der Waals surface area contributed by atoms with Crippen molar-refractivity contribution >= 4 is 5.96 Å². The van der Waals surface area contributed by atoms with Crippen molar-refractivity contribution in [3.8, 4) is 5.75 Å². The number of rotatable bonds is 8. The fourth-order valence-corrected chi connectivity index (χ4v) is 2.79. The summed E-state index contributed by atoms with van der Waals surface area (Å²) in [6, 6.07) is 14.8. The minimum Gasteiger partial charge on any atom is -0.434 e. The highest BCUT2D eigenvalue weighted by Gasteiger charge is 2.09. The number of halogens is 2. The number of guanidine groups is 1. The molecule has 0 bridgehead atoms. The normalized spacial score (nSPS) is 11.5. The summed E-state index contributed by atoms with van der Waals surface area (Å²) in [5.74, 6) is 0.699. The fraction of sp³-hybridized carbons (Fsp3) is 0.250. The molecule has 0 amide bonds. The van der Waals surface area contributed by atoms with Crippen LogP contribution in [0.4, 0.5) is 8.78 Å². The standard InChI is InChI=1S/C20H22F2N6O/c1-23-20(26-11-17-7-2-3-8-18(17)29-19(21)22)25-10-15-5-4-6-16(9-15)12-28-14-24-13-27-28/h2-9,13-14,19H,10-12H2,1H3,(H2,23,25,26). The highest BCUT2D eigenvalue weighted by molar-refractivity contribution is 5.79. The van der Waals surface area contributed by atoms with Gasteiger partial charge in [-0.05, 0) is 17.2 Å². The predicted octanol–water partition coefficient (Wildman–Crippen LogP) is 2.79. The predicted molar refractivity (Wildman–Crippen MR) is 106 cm³/mol. The van der Waals surface area contributed by atoms with Gasteiger partial charge in [-0.25, -0.2) is 9.67 Å². The maximum absolute atomic E-state index is 12.5. The molecule has 3 aromatic rings. The molecule has 0 fully saturated rings. The third-order valence-electron chi connectivity index (χ3n) is 4.12. The maximum Gasteiger partial charge on any atom is 0.387 e. The first-order valence-corrected chi connectivity index (χ1v) is 9.01. The molecule has 0 aliphatic heterocycles. The second kappa shape index (κ2) is 10.2. The lowest BCUT2D eigenvalue weighted by Crippen LogP contribution is -2.36. The van der Waals surface area contributed by atoms with Crippen molar-refractivity contribution in [3.05, 3.63) is 77.9 Å². The summed E-state index contributed by atoms with van der Waals surface area (Å²) in [6.45, 7) is -1.37. The van der Waals surface area contributed by atoms with Crippen molar-refractivity contribution in [2.45, 2.75) is 26.2 Å². The summed E-state index contributed by atoms with van der Waals surface area (Å²) >= 11 is 0. The molecule has 1 heterocycles. The second-order valence-corrected chi connectivity index (χ2v) is 6.18. The first kappa shape index (κ1) is 20.2. The highest BCUT2D eigenvalue weighted by Crippen LogP contribution is 2.19. The van der Waals surface area contributed by atoms with Crippen LogP contribution in [-0.2, 0) is 19.6 Å². The number of nitrogens with one attached hydrogen (secondary N) is 2. The average Bonchev–Trinajstić information content (AvgIpc) is 3.22. The van der Waals surface area contributed by atoms with Gasteiger partial charge in [-0.1, -0.05) is 42.5 Å². The largest absolute Gasteiger partial charge is 0.434 e. The van der Waals surface area contributed by atoms with E-state index in [1.54, 1.807) is 36.3 Å². The van der Waals surface area contributed by atoms with Crippen molar-refractivity contribution in [1.82, 2.24) is 25.4 Å². The summed E-state index contributed by atoms with van der Waals surface area (Å²) in [5.41, 5.74) is 2.80. The molecule has 0 saturated heterocycles. The zero-order valence-electron chi connectivity index (χ0n) is 15.9. The summed E-state index contributed by atoms with van der Waals surface area (Å²) in [5, 5.41) is 10.4.